The summed E-state index contributed by atoms with van der Waals surface area (Å²) in [7, 11) is 1.57. The maximum Gasteiger partial charge on any atom is 0.307 e. The number of carbonyl (C=O) groups is 1. The fourth-order valence-corrected chi connectivity index (χ4v) is 2.04. The second-order valence-corrected chi connectivity index (χ2v) is 4.64. The van der Waals surface area contributed by atoms with Crippen molar-refractivity contribution in [2.24, 2.45) is 0 Å². The van der Waals surface area contributed by atoms with Gasteiger partial charge in [0.1, 0.15) is 0 Å². The third kappa shape index (κ3) is 4.53. The molecule has 1 N–H and O–H groups in total. The predicted octanol–water partition coefficient (Wildman–Crippen LogP) is 2.94. The summed E-state index contributed by atoms with van der Waals surface area (Å²) in [4.78, 5) is 10.8. The Hall–Kier alpha value is -2.49. The summed E-state index contributed by atoms with van der Waals surface area (Å²) in [5, 5.41) is 8.84. The number of methoxy groups -OCH3 is 1. The van der Waals surface area contributed by atoms with Gasteiger partial charge in [-0.05, 0) is 23.3 Å². The molecule has 0 aliphatic heterocycles. The minimum Gasteiger partial charge on any atom is -0.493 e. The molecule has 0 amide bonds. The molecule has 0 heterocycles. The van der Waals surface area contributed by atoms with Crippen molar-refractivity contribution in [2.75, 3.05) is 13.7 Å². The number of hydrogen-bond donors (Lipinski definition) is 1. The van der Waals surface area contributed by atoms with Gasteiger partial charge >= 0.3 is 5.97 Å². The van der Waals surface area contributed by atoms with Crippen LogP contribution < -0.4 is 9.47 Å². The first-order chi connectivity index (χ1) is 10.2. The molecule has 0 atom stereocenters. The summed E-state index contributed by atoms with van der Waals surface area (Å²) in [5.74, 6) is 0.319. The Labute approximate surface area is 123 Å². The molecule has 2 rings (SSSR count). The number of hydrogen-bond acceptors (Lipinski definition) is 3. The molecule has 0 saturated heterocycles. The fourth-order valence-electron chi connectivity index (χ4n) is 2.04. The Morgan fingerprint density at radius 3 is 2.48 bits per heavy atom. The van der Waals surface area contributed by atoms with Crippen LogP contribution in [0.3, 0.4) is 0 Å². The average Bonchev–Trinajstić information content (AvgIpc) is 2.48. The third-order valence-corrected chi connectivity index (χ3v) is 3.07. The van der Waals surface area contributed by atoms with Crippen LogP contribution in [0.25, 0.3) is 0 Å². The van der Waals surface area contributed by atoms with Crippen LogP contribution in [-0.4, -0.2) is 24.8 Å². The largest absolute Gasteiger partial charge is 0.493 e. The van der Waals surface area contributed by atoms with E-state index in [0.717, 1.165) is 6.42 Å². The van der Waals surface area contributed by atoms with Gasteiger partial charge in [0.15, 0.2) is 11.5 Å². The molecule has 0 aromatic heterocycles. The second-order valence-electron chi connectivity index (χ2n) is 4.64. The van der Waals surface area contributed by atoms with E-state index in [1.807, 2.05) is 30.3 Å². The number of rotatable bonds is 7. The predicted molar refractivity (Wildman–Crippen MR) is 80.0 cm³/mol. The van der Waals surface area contributed by atoms with Crippen LogP contribution in [0.5, 0.6) is 11.5 Å². The van der Waals surface area contributed by atoms with Crippen LogP contribution in [0.15, 0.2) is 48.5 Å². The normalized spacial score (nSPS) is 10.1. The van der Waals surface area contributed by atoms with E-state index in [9.17, 15) is 4.79 Å². The topological polar surface area (TPSA) is 55.8 Å². The summed E-state index contributed by atoms with van der Waals surface area (Å²) in [6, 6.07) is 15.2. The van der Waals surface area contributed by atoms with Crippen LogP contribution in [0.4, 0.5) is 0 Å². The van der Waals surface area contributed by atoms with Gasteiger partial charge in [-0.1, -0.05) is 36.4 Å². The Morgan fingerprint density at radius 1 is 1.05 bits per heavy atom. The van der Waals surface area contributed by atoms with Gasteiger partial charge in [0.25, 0.3) is 0 Å². The molecule has 0 radical (unpaired) electrons. The summed E-state index contributed by atoms with van der Waals surface area (Å²) >= 11 is 0. The summed E-state index contributed by atoms with van der Waals surface area (Å²) < 4.78 is 11.0. The highest BCUT2D eigenvalue weighted by Crippen LogP contribution is 2.28. The van der Waals surface area contributed by atoms with E-state index in [-0.39, 0.29) is 6.42 Å². The number of carboxylic acid groups (broad SMARTS) is 1. The van der Waals surface area contributed by atoms with E-state index >= 15 is 0 Å². The molecule has 2 aromatic carbocycles. The van der Waals surface area contributed by atoms with E-state index in [0.29, 0.717) is 23.7 Å². The van der Waals surface area contributed by atoms with Crippen LogP contribution in [0.2, 0.25) is 0 Å². The van der Waals surface area contributed by atoms with Crippen molar-refractivity contribution >= 4 is 5.97 Å². The SMILES string of the molecule is COc1ccc(CC(=O)O)cc1OCCc1ccccc1. The first-order valence-electron chi connectivity index (χ1n) is 6.74. The van der Waals surface area contributed by atoms with Crippen LogP contribution in [0.1, 0.15) is 11.1 Å². The molecule has 0 spiro atoms. The Bertz CT molecular complexity index is 593. The molecule has 0 aliphatic carbocycles. The molecule has 110 valence electrons. The van der Waals surface area contributed by atoms with E-state index in [1.165, 1.54) is 5.56 Å². The van der Waals surface area contributed by atoms with Gasteiger partial charge in [0.2, 0.25) is 0 Å². The van der Waals surface area contributed by atoms with Gasteiger partial charge in [0.05, 0.1) is 20.1 Å². The fraction of sp³-hybridized carbons (Fsp3) is 0.235. The van der Waals surface area contributed by atoms with Crippen LogP contribution >= 0.6 is 0 Å². The van der Waals surface area contributed by atoms with Crippen molar-refractivity contribution in [2.45, 2.75) is 12.8 Å². The first kappa shape index (κ1) is 14.9. The smallest absolute Gasteiger partial charge is 0.307 e. The molecule has 0 bridgehead atoms. The molecule has 0 aliphatic rings. The van der Waals surface area contributed by atoms with Gasteiger partial charge < -0.3 is 14.6 Å². The minimum atomic E-state index is -0.865. The second kappa shape index (κ2) is 7.33. The standard InChI is InChI=1S/C17H18O4/c1-20-15-8-7-14(12-17(18)19)11-16(15)21-10-9-13-5-3-2-4-6-13/h2-8,11H,9-10,12H2,1H3,(H,18,19). The lowest BCUT2D eigenvalue weighted by Crippen LogP contribution is -2.04. The zero-order valence-electron chi connectivity index (χ0n) is 11.9. The van der Waals surface area contributed by atoms with E-state index in [1.54, 1.807) is 25.3 Å². The molecular weight excluding hydrogens is 268 g/mol. The van der Waals surface area contributed by atoms with E-state index < -0.39 is 5.97 Å². The highest BCUT2D eigenvalue weighted by molar-refractivity contribution is 5.70. The Morgan fingerprint density at radius 2 is 1.81 bits per heavy atom. The highest BCUT2D eigenvalue weighted by Gasteiger charge is 2.08. The third-order valence-electron chi connectivity index (χ3n) is 3.07. The van der Waals surface area contributed by atoms with Crippen molar-refractivity contribution in [1.29, 1.82) is 0 Å². The van der Waals surface area contributed by atoms with Gasteiger partial charge in [-0.25, -0.2) is 0 Å². The van der Waals surface area contributed by atoms with Crippen molar-refractivity contribution in [3.8, 4) is 11.5 Å². The molecule has 0 fully saturated rings. The molecule has 4 heteroatoms. The average molecular weight is 286 g/mol. The number of benzene rings is 2. The van der Waals surface area contributed by atoms with Gasteiger partial charge in [-0.3, -0.25) is 4.79 Å². The Kier molecular flexibility index (Phi) is 5.21. The number of ether oxygens (including phenoxy) is 2. The van der Waals surface area contributed by atoms with Crippen LogP contribution in [-0.2, 0) is 17.6 Å². The molecule has 0 unspecified atom stereocenters. The monoisotopic (exact) mass is 286 g/mol. The van der Waals surface area contributed by atoms with Crippen molar-refractivity contribution in [3.05, 3.63) is 59.7 Å². The summed E-state index contributed by atoms with van der Waals surface area (Å²) in [6.07, 6.45) is 0.756. The zero-order valence-corrected chi connectivity index (χ0v) is 11.9. The van der Waals surface area contributed by atoms with Crippen molar-refractivity contribution in [1.82, 2.24) is 0 Å². The lowest BCUT2D eigenvalue weighted by Gasteiger charge is -2.12. The number of aliphatic carboxylic acids is 1. The van der Waals surface area contributed by atoms with Gasteiger partial charge in [0, 0.05) is 6.42 Å². The maximum atomic E-state index is 10.8. The van der Waals surface area contributed by atoms with Crippen LogP contribution in [0, 0.1) is 0 Å². The molecule has 2 aromatic rings. The minimum absolute atomic E-state index is 0.0287. The van der Waals surface area contributed by atoms with Crippen molar-refractivity contribution < 1.29 is 19.4 Å². The highest BCUT2D eigenvalue weighted by atomic mass is 16.5. The maximum absolute atomic E-state index is 10.8. The zero-order chi connectivity index (χ0) is 15.1. The quantitative estimate of drug-likeness (QED) is 0.850. The van der Waals surface area contributed by atoms with Gasteiger partial charge in [-0.15, -0.1) is 0 Å². The Balaban J connectivity index is 2.01. The van der Waals surface area contributed by atoms with E-state index in [2.05, 4.69) is 0 Å². The molecule has 21 heavy (non-hydrogen) atoms. The molecular formula is C17H18O4. The molecule has 0 saturated carbocycles. The summed E-state index contributed by atoms with van der Waals surface area (Å²) in [6.45, 7) is 0.511. The molecule has 4 nitrogen and oxygen atoms in total. The van der Waals surface area contributed by atoms with E-state index in [4.69, 9.17) is 14.6 Å². The number of carboxylic acids is 1. The lowest BCUT2D eigenvalue weighted by atomic mass is 10.1. The lowest BCUT2D eigenvalue weighted by molar-refractivity contribution is -0.136. The first-order valence-corrected chi connectivity index (χ1v) is 6.74. The van der Waals surface area contributed by atoms with Crippen molar-refractivity contribution in [3.63, 3.8) is 0 Å². The van der Waals surface area contributed by atoms with Gasteiger partial charge in [-0.2, -0.15) is 0 Å². The summed E-state index contributed by atoms with van der Waals surface area (Å²) in [5.41, 5.74) is 1.89.